The maximum absolute atomic E-state index is 12.6. The van der Waals surface area contributed by atoms with Gasteiger partial charge in [0, 0.05) is 18.4 Å². The number of H-pyrrole nitrogens is 1. The van der Waals surface area contributed by atoms with E-state index in [2.05, 4.69) is 15.3 Å². The van der Waals surface area contributed by atoms with E-state index in [4.69, 9.17) is 4.74 Å². The molecule has 2 amide bonds. The molecular weight excluding hydrogens is 320 g/mol. The van der Waals surface area contributed by atoms with E-state index in [0.29, 0.717) is 29.4 Å². The molecule has 132 valence electrons. The lowest BCUT2D eigenvalue weighted by atomic mass is 9.93. The van der Waals surface area contributed by atoms with Gasteiger partial charge < -0.3 is 19.9 Å². The quantitative estimate of drug-likeness (QED) is 0.896. The smallest absolute Gasteiger partial charge is 0.235 e. The van der Waals surface area contributed by atoms with E-state index in [0.717, 1.165) is 5.69 Å². The van der Waals surface area contributed by atoms with Crippen LogP contribution in [0.2, 0.25) is 0 Å². The number of hydrogen-bond donors (Lipinski definition) is 2. The molecule has 1 aliphatic rings. The Hall–Kier alpha value is -2.83. The van der Waals surface area contributed by atoms with E-state index < -0.39 is 5.41 Å². The van der Waals surface area contributed by atoms with Crippen LogP contribution in [-0.4, -0.2) is 35.4 Å². The zero-order valence-electron chi connectivity index (χ0n) is 14.8. The number of aryl methyl sites for hydroxylation is 1. The van der Waals surface area contributed by atoms with Crippen LogP contribution in [0.25, 0.3) is 0 Å². The minimum atomic E-state index is -0.603. The second kappa shape index (κ2) is 6.23. The van der Waals surface area contributed by atoms with Crippen molar-refractivity contribution in [2.45, 2.75) is 27.2 Å². The van der Waals surface area contributed by atoms with E-state index in [-0.39, 0.29) is 18.2 Å². The maximum Gasteiger partial charge on any atom is 0.235 e. The minimum Gasteiger partial charge on any atom is -0.490 e. The average molecular weight is 342 g/mol. The molecule has 2 aromatic rings. The molecule has 3 rings (SSSR count). The summed E-state index contributed by atoms with van der Waals surface area (Å²) in [7, 11) is 1.72. The summed E-state index contributed by atoms with van der Waals surface area (Å²) >= 11 is 0. The van der Waals surface area contributed by atoms with Crippen LogP contribution >= 0.6 is 0 Å². The number of carbonyl (C=O) groups is 2. The number of carbonyl (C=O) groups excluding carboxylic acids is 2. The summed E-state index contributed by atoms with van der Waals surface area (Å²) in [5.41, 5.74) is 2.24. The van der Waals surface area contributed by atoms with E-state index in [1.807, 2.05) is 20.8 Å². The van der Waals surface area contributed by atoms with Gasteiger partial charge in [0.25, 0.3) is 0 Å². The molecule has 0 radical (unpaired) electrons. The van der Waals surface area contributed by atoms with Crippen molar-refractivity contribution in [1.29, 1.82) is 0 Å². The Bertz CT molecular complexity index is 825. The van der Waals surface area contributed by atoms with E-state index in [9.17, 15) is 9.59 Å². The predicted octanol–water partition coefficient (Wildman–Crippen LogP) is 2.28. The fourth-order valence-corrected chi connectivity index (χ4v) is 2.79. The minimum absolute atomic E-state index is 0.0260. The summed E-state index contributed by atoms with van der Waals surface area (Å²) < 4.78 is 5.78. The molecule has 0 saturated carbocycles. The number of imidazole rings is 1. The van der Waals surface area contributed by atoms with Crippen molar-refractivity contribution in [3.63, 3.8) is 0 Å². The van der Waals surface area contributed by atoms with Gasteiger partial charge in [0.05, 0.1) is 29.5 Å². The number of fused-ring (bicyclic) bond motifs is 1. The number of ether oxygens (including phenoxy) is 1. The van der Waals surface area contributed by atoms with Gasteiger partial charge >= 0.3 is 0 Å². The van der Waals surface area contributed by atoms with Crippen LogP contribution in [0.3, 0.4) is 0 Å². The number of anilines is 2. The largest absolute Gasteiger partial charge is 0.490 e. The van der Waals surface area contributed by atoms with Crippen LogP contribution in [0, 0.1) is 12.3 Å². The molecule has 7 heteroatoms. The summed E-state index contributed by atoms with van der Waals surface area (Å²) in [6, 6.07) is 5.30. The van der Waals surface area contributed by atoms with Crippen molar-refractivity contribution < 1.29 is 14.3 Å². The van der Waals surface area contributed by atoms with Crippen LogP contribution in [0.15, 0.2) is 24.5 Å². The van der Waals surface area contributed by atoms with Crippen molar-refractivity contribution >= 4 is 23.2 Å². The highest BCUT2D eigenvalue weighted by Crippen LogP contribution is 2.37. The summed E-state index contributed by atoms with van der Waals surface area (Å²) in [5.74, 6) is 0.434. The normalized spacial score (nSPS) is 16.0. The Morgan fingerprint density at radius 1 is 1.44 bits per heavy atom. The van der Waals surface area contributed by atoms with Gasteiger partial charge in [-0.25, -0.2) is 4.98 Å². The first-order valence-electron chi connectivity index (χ1n) is 8.11. The molecule has 0 aliphatic carbocycles. The molecule has 1 aliphatic heterocycles. The molecule has 0 spiro atoms. The van der Waals surface area contributed by atoms with Crippen molar-refractivity contribution in [3.05, 3.63) is 35.9 Å². The topological polar surface area (TPSA) is 87.3 Å². The van der Waals surface area contributed by atoms with Crippen LogP contribution in [0.4, 0.5) is 11.4 Å². The monoisotopic (exact) mass is 342 g/mol. The Kier molecular flexibility index (Phi) is 4.24. The highest BCUT2D eigenvalue weighted by Gasteiger charge is 2.36. The molecule has 0 saturated heterocycles. The van der Waals surface area contributed by atoms with Crippen molar-refractivity contribution in [2.24, 2.45) is 5.41 Å². The number of aromatic amines is 1. The molecule has 0 unspecified atom stereocenters. The van der Waals surface area contributed by atoms with Gasteiger partial charge in [-0.2, -0.15) is 0 Å². The van der Waals surface area contributed by atoms with Gasteiger partial charge in [0.15, 0.2) is 0 Å². The zero-order chi connectivity index (χ0) is 18.2. The van der Waals surface area contributed by atoms with Gasteiger partial charge in [0.2, 0.25) is 11.8 Å². The molecule has 2 heterocycles. The zero-order valence-corrected chi connectivity index (χ0v) is 14.8. The van der Waals surface area contributed by atoms with Gasteiger partial charge in [-0.3, -0.25) is 9.59 Å². The molecule has 1 aromatic carbocycles. The van der Waals surface area contributed by atoms with Gasteiger partial charge in [-0.15, -0.1) is 0 Å². The summed E-state index contributed by atoms with van der Waals surface area (Å²) in [6.45, 7) is 5.89. The number of nitrogens with one attached hydrogen (secondary N) is 2. The van der Waals surface area contributed by atoms with Crippen molar-refractivity contribution in [1.82, 2.24) is 9.97 Å². The molecule has 2 N–H and O–H groups in total. The maximum atomic E-state index is 12.6. The Morgan fingerprint density at radius 3 is 2.88 bits per heavy atom. The van der Waals surface area contributed by atoms with Gasteiger partial charge in [-0.1, -0.05) is 0 Å². The summed E-state index contributed by atoms with van der Waals surface area (Å²) in [6.07, 6.45) is 1.75. The Morgan fingerprint density at radius 2 is 2.20 bits per heavy atom. The average Bonchev–Trinajstić information content (AvgIpc) is 2.93. The molecule has 1 aromatic heterocycles. The van der Waals surface area contributed by atoms with Crippen molar-refractivity contribution in [2.75, 3.05) is 23.9 Å². The molecule has 25 heavy (non-hydrogen) atoms. The van der Waals surface area contributed by atoms with Crippen LogP contribution in [0.1, 0.15) is 25.2 Å². The van der Waals surface area contributed by atoms with Gasteiger partial charge in [-0.05, 0) is 39.0 Å². The SMILES string of the molecule is Cc1[nH]cnc1CC(=O)Nc1ccc2c(c1)N(C)C(=O)C(C)(C)CO2. The molecule has 7 nitrogen and oxygen atoms in total. The molecule has 0 atom stereocenters. The molecular formula is C18H22N4O3. The highest BCUT2D eigenvalue weighted by atomic mass is 16.5. The molecule has 0 bridgehead atoms. The first-order valence-corrected chi connectivity index (χ1v) is 8.11. The van der Waals surface area contributed by atoms with Crippen LogP contribution < -0.4 is 15.0 Å². The lowest BCUT2D eigenvalue weighted by Gasteiger charge is -2.24. The number of amides is 2. The van der Waals surface area contributed by atoms with Crippen molar-refractivity contribution in [3.8, 4) is 5.75 Å². The summed E-state index contributed by atoms with van der Waals surface area (Å²) in [4.78, 5) is 33.5. The third kappa shape index (κ3) is 3.35. The number of hydrogen-bond acceptors (Lipinski definition) is 4. The van der Waals surface area contributed by atoms with E-state index in [1.165, 1.54) is 0 Å². The lowest BCUT2D eigenvalue weighted by molar-refractivity contribution is -0.127. The third-order valence-corrected chi connectivity index (χ3v) is 4.34. The number of rotatable bonds is 3. The number of nitrogens with zero attached hydrogens (tertiary/aromatic N) is 2. The van der Waals surface area contributed by atoms with E-state index >= 15 is 0 Å². The fraction of sp³-hybridized carbons (Fsp3) is 0.389. The first-order chi connectivity index (χ1) is 11.8. The van der Waals surface area contributed by atoms with Crippen LogP contribution in [-0.2, 0) is 16.0 Å². The second-order valence-electron chi connectivity index (χ2n) is 6.92. The Balaban J connectivity index is 1.79. The number of aromatic nitrogens is 2. The predicted molar refractivity (Wildman–Crippen MR) is 94.8 cm³/mol. The lowest BCUT2D eigenvalue weighted by Crippen LogP contribution is -2.39. The second-order valence-corrected chi connectivity index (χ2v) is 6.92. The summed E-state index contributed by atoms with van der Waals surface area (Å²) in [5, 5.41) is 2.85. The third-order valence-electron chi connectivity index (χ3n) is 4.34. The Labute approximate surface area is 146 Å². The number of benzene rings is 1. The van der Waals surface area contributed by atoms with Crippen LogP contribution in [0.5, 0.6) is 5.75 Å². The molecule has 0 fully saturated rings. The highest BCUT2D eigenvalue weighted by molar-refractivity contribution is 6.00. The van der Waals surface area contributed by atoms with E-state index in [1.54, 1.807) is 36.5 Å². The first kappa shape index (κ1) is 17.0. The standard InChI is InChI=1S/C18H22N4O3/c1-11-13(20-10-19-11)8-16(23)21-12-5-6-15-14(7-12)22(4)17(24)18(2,3)9-25-15/h5-7,10H,8-9H2,1-4H3,(H,19,20)(H,21,23). The fourth-order valence-electron chi connectivity index (χ4n) is 2.79. The van der Waals surface area contributed by atoms with Gasteiger partial charge in [0.1, 0.15) is 12.4 Å².